The van der Waals surface area contributed by atoms with Gasteiger partial charge in [0.2, 0.25) is 11.8 Å². The van der Waals surface area contributed by atoms with E-state index in [0.29, 0.717) is 26.1 Å². The molecule has 1 fully saturated rings. The monoisotopic (exact) mass is 319 g/mol. The van der Waals surface area contributed by atoms with Crippen LogP contribution in [0.4, 0.5) is 5.69 Å². The molecule has 2 amide bonds. The molecule has 0 aliphatic carbocycles. The van der Waals surface area contributed by atoms with E-state index in [-0.39, 0.29) is 24.0 Å². The van der Waals surface area contributed by atoms with E-state index in [0.717, 1.165) is 17.7 Å². The first-order chi connectivity index (χ1) is 11.1. The summed E-state index contributed by atoms with van der Waals surface area (Å²) < 4.78 is 5.47. The van der Waals surface area contributed by atoms with Gasteiger partial charge in [-0.25, -0.2) is 0 Å². The van der Waals surface area contributed by atoms with Crippen molar-refractivity contribution in [2.45, 2.75) is 45.4 Å². The Labute approximate surface area is 137 Å². The number of amides is 2. The molecule has 0 radical (unpaired) electrons. The Bertz CT molecular complexity index is 530. The van der Waals surface area contributed by atoms with Crippen LogP contribution < -0.4 is 16.0 Å². The minimum absolute atomic E-state index is 0.0194. The van der Waals surface area contributed by atoms with Crippen LogP contribution in [0.2, 0.25) is 0 Å². The minimum atomic E-state index is -0.309. The molecule has 1 aliphatic rings. The van der Waals surface area contributed by atoms with Gasteiger partial charge < -0.3 is 20.7 Å². The summed E-state index contributed by atoms with van der Waals surface area (Å²) in [5, 5.41) is 8.91. The molecule has 1 aromatic rings. The summed E-state index contributed by atoms with van der Waals surface area (Å²) in [5.41, 5.74) is 1.76. The maximum Gasteiger partial charge on any atom is 0.240 e. The standard InChI is InChI=1S/C17H25N3O3/c1-3-4-15(21)20-14-7-5-13(6-8-14)11-19-17(22)16-12(2)23-10-9-18-16/h5-8,12,16,18H,3-4,9-11H2,1-2H3,(H,19,22)(H,20,21)/t12-,16+/m1/s1. The highest BCUT2D eigenvalue weighted by molar-refractivity contribution is 5.90. The lowest BCUT2D eigenvalue weighted by Crippen LogP contribution is -2.55. The van der Waals surface area contributed by atoms with Crippen molar-refractivity contribution in [1.29, 1.82) is 0 Å². The third-order valence-corrected chi connectivity index (χ3v) is 3.78. The minimum Gasteiger partial charge on any atom is -0.375 e. The summed E-state index contributed by atoms with van der Waals surface area (Å²) in [6, 6.07) is 7.18. The molecule has 1 aromatic carbocycles. The number of carbonyl (C=O) groups excluding carboxylic acids is 2. The molecule has 6 nitrogen and oxygen atoms in total. The van der Waals surface area contributed by atoms with Gasteiger partial charge in [0.05, 0.1) is 12.7 Å². The van der Waals surface area contributed by atoms with Gasteiger partial charge >= 0.3 is 0 Å². The van der Waals surface area contributed by atoms with Gasteiger partial charge in [0, 0.05) is 25.2 Å². The molecule has 23 heavy (non-hydrogen) atoms. The number of anilines is 1. The lowest BCUT2D eigenvalue weighted by atomic mass is 10.1. The van der Waals surface area contributed by atoms with Crippen LogP contribution in [0, 0.1) is 0 Å². The quantitative estimate of drug-likeness (QED) is 0.741. The normalized spacial score (nSPS) is 20.8. The van der Waals surface area contributed by atoms with Crippen molar-refractivity contribution in [2.24, 2.45) is 0 Å². The van der Waals surface area contributed by atoms with Crippen LogP contribution >= 0.6 is 0 Å². The number of hydrogen-bond donors (Lipinski definition) is 3. The van der Waals surface area contributed by atoms with Crippen LogP contribution in [0.3, 0.4) is 0 Å². The second-order valence-electron chi connectivity index (χ2n) is 5.72. The van der Waals surface area contributed by atoms with E-state index < -0.39 is 0 Å². The third-order valence-electron chi connectivity index (χ3n) is 3.78. The molecule has 0 saturated carbocycles. The van der Waals surface area contributed by atoms with E-state index in [2.05, 4.69) is 16.0 Å². The zero-order chi connectivity index (χ0) is 16.7. The van der Waals surface area contributed by atoms with E-state index in [1.54, 1.807) is 0 Å². The molecule has 0 aromatic heterocycles. The highest BCUT2D eigenvalue weighted by Crippen LogP contribution is 2.11. The van der Waals surface area contributed by atoms with Crippen molar-refractivity contribution >= 4 is 17.5 Å². The predicted molar refractivity (Wildman–Crippen MR) is 89.0 cm³/mol. The number of benzene rings is 1. The Morgan fingerprint density at radius 1 is 1.30 bits per heavy atom. The van der Waals surface area contributed by atoms with Crippen molar-refractivity contribution in [3.8, 4) is 0 Å². The first kappa shape index (κ1) is 17.4. The van der Waals surface area contributed by atoms with Crippen LogP contribution in [0.1, 0.15) is 32.3 Å². The van der Waals surface area contributed by atoms with Gasteiger partial charge in [-0.3, -0.25) is 9.59 Å². The van der Waals surface area contributed by atoms with Gasteiger partial charge in [-0.15, -0.1) is 0 Å². The fourth-order valence-corrected chi connectivity index (χ4v) is 2.48. The highest BCUT2D eigenvalue weighted by Gasteiger charge is 2.27. The van der Waals surface area contributed by atoms with Crippen molar-refractivity contribution in [3.05, 3.63) is 29.8 Å². The fourth-order valence-electron chi connectivity index (χ4n) is 2.48. The van der Waals surface area contributed by atoms with Crippen LogP contribution in [0.25, 0.3) is 0 Å². The molecule has 0 spiro atoms. The first-order valence-corrected chi connectivity index (χ1v) is 8.11. The molecule has 0 bridgehead atoms. The summed E-state index contributed by atoms with van der Waals surface area (Å²) in [7, 11) is 0. The van der Waals surface area contributed by atoms with Gasteiger partial charge in [0.15, 0.2) is 0 Å². The maximum atomic E-state index is 12.2. The van der Waals surface area contributed by atoms with Crippen LogP contribution in [-0.4, -0.2) is 37.1 Å². The largest absolute Gasteiger partial charge is 0.375 e. The van der Waals surface area contributed by atoms with E-state index in [1.165, 1.54) is 0 Å². The third kappa shape index (κ3) is 5.33. The number of nitrogens with one attached hydrogen (secondary N) is 3. The Morgan fingerprint density at radius 2 is 2.04 bits per heavy atom. The zero-order valence-corrected chi connectivity index (χ0v) is 13.7. The lowest BCUT2D eigenvalue weighted by Gasteiger charge is -2.29. The van der Waals surface area contributed by atoms with Gasteiger partial charge in [0.25, 0.3) is 0 Å². The predicted octanol–water partition coefficient (Wildman–Crippen LogP) is 1.42. The van der Waals surface area contributed by atoms with Gasteiger partial charge in [-0.05, 0) is 31.0 Å². The van der Waals surface area contributed by atoms with Crippen molar-refractivity contribution in [3.63, 3.8) is 0 Å². The van der Waals surface area contributed by atoms with E-state index in [9.17, 15) is 9.59 Å². The van der Waals surface area contributed by atoms with Crippen molar-refractivity contribution < 1.29 is 14.3 Å². The summed E-state index contributed by atoms with van der Waals surface area (Å²) in [6.45, 7) is 5.64. The van der Waals surface area contributed by atoms with Gasteiger partial charge in [-0.1, -0.05) is 19.1 Å². The maximum absolute atomic E-state index is 12.2. The second kappa shape index (κ2) is 8.64. The Kier molecular flexibility index (Phi) is 6.55. The summed E-state index contributed by atoms with van der Waals surface area (Å²) >= 11 is 0. The lowest BCUT2D eigenvalue weighted by molar-refractivity contribution is -0.129. The molecule has 126 valence electrons. The molecule has 3 N–H and O–H groups in total. The van der Waals surface area contributed by atoms with Crippen LogP contribution in [0.15, 0.2) is 24.3 Å². The SMILES string of the molecule is CCCC(=O)Nc1ccc(CNC(=O)[C@H]2NCCO[C@@H]2C)cc1. The van der Waals surface area contributed by atoms with Crippen molar-refractivity contribution in [2.75, 3.05) is 18.5 Å². The highest BCUT2D eigenvalue weighted by atomic mass is 16.5. The Balaban J connectivity index is 1.81. The second-order valence-corrected chi connectivity index (χ2v) is 5.72. The molecule has 1 heterocycles. The Hall–Kier alpha value is -1.92. The molecule has 0 unspecified atom stereocenters. The summed E-state index contributed by atoms with van der Waals surface area (Å²) in [4.78, 5) is 23.7. The van der Waals surface area contributed by atoms with E-state index >= 15 is 0 Å². The molecule has 6 heteroatoms. The molecule has 1 aliphatic heterocycles. The molecule has 2 atom stereocenters. The summed E-state index contributed by atoms with van der Waals surface area (Å²) in [5.74, 6) is -0.0385. The first-order valence-electron chi connectivity index (χ1n) is 8.11. The van der Waals surface area contributed by atoms with E-state index in [1.807, 2.05) is 38.1 Å². The fraction of sp³-hybridized carbons (Fsp3) is 0.529. The topological polar surface area (TPSA) is 79.5 Å². The zero-order valence-electron chi connectivity index (χ0n) is 13.7. The number of carbonyl (C=O) groups is 2. The number of morpholine rings is 1. The van der Waals surface area contributed by atoms with Crippen molar-refractivity contribution in [1.82, 2.24) is 10.6 Å². The number of hydrogen-bond acceptors (Lipinski definition) is 4. The number of rotatable bonds is 6. The average molecular weight is 319 g/mol. The van der Waals surface area contributed by atoms with Crippen LogP contribution in [0.5, 0.6) is 0 Å². The van der Waals surface area contributed by atoms with Crippen LogP contribution in [-0.2, 0) is 20.9 Å². The molecular formula is C17H25N3O3. The number of ether oxygens (including phenoxy) is 1. The molecule has 1 saturated heterocycles. The summed E-state index contributed by atoms with van der Waals surface area (Å²) in [6.07, 6.45) is 1.22. The average Bonchev–Trinajstić information content (AvgIpc) is 2.54. The molecule has 2 rings (SSSR count). The van der Waals surface area contributed by atoms with Gasteiger partial charge in [0.1, 0.15) is 6.04 Å². The molecular weight excluding hydrogens is 294 g/mol. The van der Waals surface area contributed by atoms with Gasteiger partial charge in [-0.2, -0.15) is 0 Å². The van der Waals surface area contributed by atoms with E-state index in [4.69, 9.17) is 4.74 Å². The smallest absolute Gasteiger partial charge is 0.240 e. The Morgan fingerprint density at radius 3 is 2.70 bits per heavy atom.